The van der Waals surface area contributed by atoms with Crippen molar-refractivity contribution < 1.29 is 8.42 Å². The van der Waals surface area contributed by atoms with Crippen molar-refractivity contribution in [3.63, 3.8) is 0 Å². The van der Waals surface area contributed by atoms with Gasteiger partial charge in [-0.1, -0.05) is 12.1 Å². The van der Waals surface area contributed by atoms with Gasteiger partial charge in [-0.15, -0.1) is 0 Å². The highest BCUT2D eigenvalue weighted by atomic mass is 32.2. The predicted octanol–water partition coefficient (Wildman–Crippen LogP) is 1.07. The normalized spacial score (nSPS) is 12.9. The zero-order valence-electron chi connectivity index (χ0n) is 12.9. The van der Waals surface area contributed by atoms with Gasteiger partial charge in [-0.25, -0.2) is 13.1 Å². The molecule has 1 rings (SSSR count). The van der Waals surface area contributed by atoms with E-state index in [4.69, 9.17) is 5.73 Å². The molecule has 0 saturated heterocycles. The van der Waals surface area contributed by atoms with E-state index in [1.807, 2.05) is 38.9 Å². The number of hydrogen-bond donors (Lipinski definition) is 2. The third-order valence-electron chi connectivity index (χ3n) is 3.81. The van der Waals surface area contributed by atoms with Crippen LogP contribution in [-0.4, -0.2) is 39.5 Å². The Balaban J connectivity index is 3.01. The minimum absolute atomic E-state index is 0.257. The molecule has 0 aliphatic rings. The highest BCUT2D eigenvalue weighted by Crippen LogP contribution is 2.19. The van der Waals surface area contributed by atoms with Crippen LogP contribution in [0.4, 0.5) is 0 Å². The molecule has 3 N–H and O–H groups in total. The maximum atomic E-state index is 12.4. The lowest BCUT2D eigenvalue weighted by molar-refractivity contribution is 0.199. The summed E-state index contributed by atoms with van der Waals surface area (Å²) in [5.74, 6) is 0. The smallest absolute Gasteiger partial charge is 0.240 e. The molecule has 0 heterocycles. The fourth-order valence-electron chi connectivity index (χ4n) is 1.68. The lowest BCUT2D eigenvalue weighted by Gasteiger charge is -2.32. The van der Waals surface area contributed by atoms with Crippen LogP contribution in [0.15, 0.2) is 23.1 Å². The van der Waals surface area contributed by atoms with Gasteiger partial charge in [-0.3, -0.25) is 0 Å². The average molecular weight is 299 g/mol. The zero-order chi connectivity index (χ0) is 15.6. The van der Waals surface area contributed by atoms with Crippen LogP contribution in [-0.2, 0) is 16.6 Å². The Bertz CT molecular complexity index is 566. The summed E-state index contributed by atoms with van der Waals surface area (Å²) in [6.45, 7) is 6.43. The second-order valence-electron chi connectivity index (χ2n) is 5.78. The van der Waals surface area contributed by atoms with E-state index in [-0.39, 0.29) is 5.54 Å². The lowest BCUT2D eigenvalue weighted by atomic mass is 10.1. The van der Waals surface area contributed by atoms with E-state index in [2.05, 4.69) is 4.72 Å². The largest absolute Gasteiger partial charge is 0.326 e. The van der Waals surface area contributed by atoms with Crippen LogP contribution >= 0.6 is 0 Å². The molecule has 0 bridgehead atoms. The van der Waals surface area contributed by atoms with Crippen LogP contribution < -0.4 is 10.5 Å². The van der Waals surface area contributed by atoms with Gasteiger partial charge in [-0.2, -0.15) is 0 Å². The lowest BCUT2D eigenvalue weighted by Crippen LogP contribution is -2.48. The van der Waals surface area contributed by atoms with Crippen molar-refractivity contribution in [1.82, 2.24) is 9.62 Å². The van der Waals surface area contributed by atoms with Gasteiger partial charge in [0.05, 0.1) is 4.90 Å². The summed E-state index contributed by atoms with van der Waals surface area (Å²) in [5.41, 5.74) is 6.93. The summed E-state index contributed by atoms with van der Waals surface area (Å²) in [6, 6.07) is 5.18. The first-order valence-electron chi connectivity index (χ1n) is 6.57. The molecule has 5 nitrogen and oxygen atoms in total. The first-order valence-corrected chi connectivity index (χ1v) is 8.06. The molecule has 0 saturated carbocycles. The van der Waals surface area contributed by atoms with Gasteiger partial charge in [0.25, 0.3) is 0 Å². The third-order valence-corrected chi connectivity index (χ3v) is 5.36. The first-order chi connectivity index (χ1) is 9.12. The number of hydrogen-bond acceptors (Lipinski definition) is 4. The number of rotatable bonds is 6. The number of benzene rings is 1. The Hall–Kier alpha value is -0.950. The third kappa shape index (κ3) is 3.79. The number of nitrogens with one attached hydrogen (secondary N) is 1. The van der Waals surface area contributed by atoms with Crippen LogP contribution in [0.25, 0.3) is 0 Å². The van der Waals surface area contributed by atoms with E-state index in [9.17, 15) is 8.42 Å². The summed E-state index contributed by atoms with van der Waals surface area (Å²) in [4.78, 5) is 2.29. The maximum absolute atomic E-state index is 12.4. The van der Waals surface area contributed by atoms with Gasteiger partial charge < -0.3 is 10.6 Å². The summed E-state index contributed by atoms with van der Waals surface area (Å²) in [6.07, 6.45) is 0. The molecule has 0 spiro atoms. The SMILES string of the molecule is Cc1c(CN)cccc1S(=O)(=O)NCC(C)(C)N(C)C. The molecule has 6 heteroatoms. The van der Waals surface area contributed by atoms with E-state index in [0.29, 0.717) is 23.5 Å². The average Bonchev–Trinajstić information content (AvgIpc) is 2.36. The molecule has 0 aliphatic heterocycles. The van der Waals surface area contributed by atoms with Gasteiger partial charge in [0.2, 0.25) is 10.0 Å². The monoisotopic (exact) mass is 299 g/mol. The number of sulfonamides is 1. The maximum Gasteiger partial charge on any atom is 0.240 e. The van der Waals surface area contributed by atoms with Crippen molar-refractivity contribution in [2.75, 3.05) is 20.6 Å². The van der Waals surface area contributed by atoms with Gasteiger partial charge in [-0.05, 0) is 52.1 Å². The fraction of sp³-hybridized carbons (Fsp3) is 0.571. The molecule has 0 amide bonds. The van der Waals surface area contributed by atoms with Crippen molar-refractivity contribution in [1.29, 1.82) is 0 Å². The van der Waals surface area contributed by atoms with Gasteiger partial charge in [0.1, 0.15) is 0 Å². The van der Waals surface area contributed by atoms with E-state index in [1.54, 1.807) is 19.1 Å². The second kappa shape index (κ2) is 6.22. The number of nitrogens with zero attached hydrogens (tertiary/aromatic N) is 1. The van der Waals surface area contributed by atoms with Crippen LogP contribution in [0, 0.1) is 6.92 Å². The molecular formula is C14H25N3O2S. The molecule has 0 aromatic heterocycles. The van der Waals surface area contributed by atoms with Crippen LogP contribution in [0.5, 0.6) is 0 Å². The highest BCUT2D eigenvalue weighted by molar-refractivity contribution is 7.89. The fourth-order valence-corrected chi connectivity index (χ4v) is 3.17. The van der Waals surface area contributed by atoms with E-state index in [0.717, 1.165) is 5.56 Å². The van der Waals surface area contributed by atoms with Crippen molar-refractivity contribution in [3.05, 3.63) is 29.3 Å². The molecule has 20 heavy (non-hydrogen) atoms. The second-order valence-corrected chi connectivity index (χ2v) is 7.51. The highest BCUT2D eigenvalue weighted by Gasteiger charge is 2.25. The molecule has 0 unspecified atom stereocenters. The molecule has 0 atom stereocenters. The molecule has 1 aromatic carbocycles. The molecular weight excluding hydrogens is 274 g/mol. The quantitative estimate of drug-likeness (QED) is 0.824. The van der Waals surface area contributed by atoms with Gasteiger partial charge in [0, 0.05) is 18.6 Å². The van der Waals surface area contributed by atoms with E-state index >= 15 is 0 Å². The Morgan fingerprint density at radius 3 is 2.40 bits per heavy atom. The van der Waals surface area contributed by atoms with Gasteiger partial charge in [0.15, 0.2) is 0 Å². The van der Waals surface area contributed by atoms with Crippen molar-refractivity contribution >= 4 is 10.0 Å². The van der Waals surface area contributed by atoms with Crippen molar-refractivity contribution in [2.24, 2.45) is 5.73 Å². The van der Waals surface area contributed by atoms with Crippen molar-refractivity contribution in [2.45, 2.75) is 37.8 Å². The minimum Gasteiger partial charge on any atom is -0.326 e. The van der Waals surface area contributed by atoms with E-state index in [1.165, 1.54) is 0 Å². The molecule has 114 valence electrons. The van der Waals surface area contributed by atoms with Crippen LogP contribution in [0.3, 0.4) is 0 Å². The van der Waals surface area contributed by atoms with Gasteiger partial charge >= 0.3 is 0 Å². The minimum atomic E-state index is -3.52. The van der Waals surface area contributed by atoms with E-state index < -0.39 is 10.0 Å². The number of likely N-dealkylation sites (N-methyl/N-ethyl adjacent to an activating group) is 1. The molecule has 0 fully saturated rings. The topological polar surface area (TPSA) is 75.4 Å². The predicted molar refractivity (Wildman–Crippen MR) is 82.0 cm³/mol. The van der Waals surface area contributed by atoms with Crippen LogP contribution in [0.2, 0.25) is 0 Å². The summed E-state index contributed by atoms with van der Waals surface area (Å²) >= 11 is 0. The summed E-state index contributed by atoms with van der Waals surface area (Å²) < 4.78 is 27.5. The summed E-state index contributed by atoms with van der Waals surface area (Å²) in [5, 5.41) is 0. The van der Waals surface area contributed by atoms with Crippen molar-refractivity contribution in [3.8, 4) is 0 Å². The molecule has 0 radical (unpaired) electrons. The number of nitrogens with two attached hydrogens (primary N) is 1. The Morgan fingerprint density at radius 2 is 1.90 bits per heavy atom. The first kappa shape index (κ1) is 17.1. The van der Waals surface area contributed by atoms with Crippen LogP contribution in [0.1, 0.15) is 25.0 Å². The molecule has 1 aromatic rings. The summed E-state index contributed by atoms with van der Waals surface area (Å²) in [7, 11) is 0.328. The Labute approximate surface area is 122 Å². The zero-order valence-corrected chi connectivity index (χ0v) is 13.7. The Kier molecular flexibility index (Phi) is 5.32. The Morgan fingerprint density at radius 1 is 1.30 bits per heavy atom. The molecule has 0 aliphatic carbocycles. The standard InChI is InChI=1S/C14H25N3O2S/c1-11-12(9-15)7-6-8-13(11)20(18,19)16-10-14(2,3)17(4)5/h6-8,16H,9-10,15H2,1-5H3.